The second kappa shape index (κ2) is 4.19. The van der Waals surface area contributed by atoms with Crippen molar-refractivity contribution in [2.45, 2.75) is 0 Å². The summed E-state index contributed by atoms with van der Waals surface area (Å²) in [6.07, 6.45) is 0. The fraction of sp³-hybridized carbons (Fsp3) is 0. The number of rotatable bonds is 0. The fourth-order valence-corrected chi connectivity index (χ4v) is 1.57. The van der Waals surface area contributed by atoms with Crippen molar-refractivity contribution >= 4 is 26.7 Å². The van der Waals surface area contributed by atoms with E-state index in [0.717, 1.165) is 15.2 Å². The summed E-state index contributed by atoms with van der Waals surface area (Å²) in [5.74, 6) is 0.0600. The Balaban J connectivity index is 0.000000845. The smallest absolute Gasteiger partial charge is 0.872 e. The van der Waals surface area contributed by atoms with Gasteiger partial charge in [-0.1, -0.05) is 40.2 Å². The van der Waals surface area contributed by atoms with Crippen LogP contribution in [0.2, 0.25) is 0 Å². The third-order valence-corrected chi connectivity index (χ3v) is 2.27. The molecule has 0 aromatic heterocycles. The maximum atomic E-state index is 11.0. The molecule has 60 valence electrons. The van der Waals surface area contributed by atoms with Gasteiger partial charge >= 0.3 is 18.9 Å². The van der Waals surface area contributed by atoms with Gasteiger partial charge in [0, 0.05) is 4.47 Å². The van der Waals surface area contributed by atoms with E-state index in [-0.39, 0.29) is 24.6 Å². The Morgan fingerprint density at radius 2 is 1.54 bits per heavy atom. The molecule has 0 atom stereocenters. The van der Waals surface area contributed by atoms with Crippen molar-refractivity contribution in [3.63, 3.8) is 0 Å². The van der Waals surface area contributed by atoms with Gasteiger partial charge in [0.25, 0.3) is 0 Å². The molecule has 0 aliphatic heterocycles. The summed E-state index contributed by atoms with van der Waals surface area (Å²) in [5.41, 5.74) is 0. The molecule has 0 N–H and O–H groups in total. The zero-order valence-electron chi connectivity index (χ0n) is 7.25. The van der Waals surface area contributed by atoms with Gasteiger partial charge in [0.05, 0.1) is 0 Å². The summed E-state index contributed by atoms with van der Waals surface area (Å²) in [5, 5.41) is 13.0. The van der Waals surface area contributed by atoms with Crippen LogP contribution in [0.15, 0.2) is 40.9 Å². The molecule has 2 aromatic carbocycles. The Morgan fingerprint density at radius 3 is 2.31 bits per heavy atom. The van der Waals surface area contributed by atoms with Crippen LogP contribution < -0.4 is 24.0 Å². The van der Waals surface area contributed by atoms with Gasteiger partial charge in [-0.3, -0.25) is 0 Å². The van der Waals surface area contributed by atoms with Crippen LogP contribution in [-0.2, 0) is 0 Å². The third-order valence-electron chi connectivity index (χ3n) is 1.77. The topological polar surface area (TPSA) is 23.1 Å². The molecule has 0 bridgehead atoms. The molecule has 13 heavy (non-hydrogen) atoms. The van der Waals surface area contributed by atoms with Crippen LogP contribution in [0.3, 0.4) is 0 Å². The van der Waals surface area contributed by atoms with Crippen LogP contribution in [0.25, 0.3) is 10.8 Å². The first kappa shape index (κ1) is 10.7. The van der Waals surface area contributed by atoms with Crippen molar-refractivity contribution in [3.8, 4) is 5.75 Å². The Bertz CT molecular complexity index is 387. The fourth-order valence-electron chi connectivity index (χ4n) is 1.19. The molecule has 0 saturated heterocycles. The first-order valence-electron chi connectivity index (χ1n) is 3.62. The second-order valence-corrected chi connectivity index (χ2v) is 3.57. The summed E-state index contributed by atoms with van der Waals surface area (Å²) < 4.78 is 1.04. The molecule has 0 saturated carbocycles. The molecule has 1 nitrogen and oxygen atoms in total. The van der Waals surface area contributed by atoms with Gasteiger partial charge in [-0.2, -0.15) is 0 Å². The molecule has 2 rings (SSSR count). The molecule has 0 spiro atoms. The van der Waals surface area contributed by atoms with E-state index < -0.39 is 0 Å². The molecule has 0 aliphatic carbocycles. The average molecular weight is 229 g/mol. The SMILES string of the molecule is [Li+].[O-]c1ccc2cc(Br)ccc2c1. The zero-order valence-corrected chi connectivity index (χ0v) is 8.84. The van der Waals surface area contributed by atoms with E-state index >= 15 is 0 Å². The number of fused-ring (bicyclic) bond motifs is 1. The number of hydrogen-bond acceptors (Lipinski definition) is 1. The van der Waals surface area contributed by atoms with Gasteiger partial charge in [0.1, 0.15) is 0 Å². The van der Waals surface area contributed by atoms with Gasteiger partial charge in [0.15, 0.2) is 0 Å². The van der Waals surface area contributed by atoms with Gasteiger partial charge in [-0.25, -0.2) is 0 Å². The molecule has 0 heterocycles. The number of benzene rings is 2. The van der Waals surface area contributed by atoms with Crippen molar-refractivity contribution in [3.05, 3.63) is 40.9 Å². The molecule has 0 fully saturated rings. The standard InChI is InChI=1S/C10H7BrO.Li/c11-9-3-1-8-6-10(12)4-2-7(8)5-9;/h1-6,12H;/q;+1/p-1. The van der Waals surface area contributed by atoms with Gasteiger partial charge < -0.3 is 5.11 Å². The van der Waals surface area contributed by atoms with Gasteiger partial charge in [-0.05, 0) is 22.9 Å². The maximum absolute atomic E-state index is 11.0. The summed E-state index contributed by atoms with van der Waals surface area (Å²) in [7, 11) is 0. The van der Waals surface area contributed by atoms with Crippen molar-refractivity contribution in [2.75, 3.05) is 0 Å². The van der Waals surface area contributed by atoms with E-state index in [9.17, 15) is 5.11 Å². The molecule has 0 amide bonds. The normalized spacial score (nSPS) is 9.62. The van der Waals surface area contributed by atoms with E-state index in [0.29, 0.717) is 0 Å². The van der Waals surface area contributed by atoms with E-state index in [4.69, 9.17) is 0 Å². The third kappa shape index (κ3) is 2.28. The molecular formula is C10H6BrLiO. The van der Waals surface area contributed by atoms with Crippen LogP contribution in [0.4, 0.5) is 0 Å². The number of hydrogen-bond donors (Lipinski definition) is 0. The van der Waals surface area contributed by atoms with E-state index in [1.807, 2.05) is 24.3 Å². The van der Waals surface area contributed by atoms with Crippen LogP contribution in [0.5, 0.6) is 5.75 Å². The van der Waals surface area contributed by atoms with Crippen molar-refractivity contribution in [1.82, 2.24) is 0 Å². The predicted octanol–water partition coefficient (Wildman–Crippen LogP) is -0.320. The maximum Gasteiger partial charge on any atom is 1.00 e. The van der Waals surface area contributed by atoms with Crippen LogP contribution in [-0.4, -0.2) is 0 Å². The first-order valence-corrected chi connectivity index (χ1v) is 4.41. The quantitative estimate of drug-likeness (QED) is 0.568. The monoisotopic (exact) mass is 228 g/mol. The molecule has 0 radical (unpaired) electrons. The Kier molecular flexibility index (Phi) is 3.44. The summed E-state index contributed by atoms with van der Waals surface area (Å²) in [6, 6.07) is 10.9. The zero-order chi connectivity index (χ0) is 8.55. The minimum atomic E-state index is 0. The van der Waals surface area contributed by atoms with Crippen molar-refractivity contribution < 1.29 is 24.0 Å². The minimum absolute atomic E-state index is 0. The van der Waals surface area contributed by atoms with E-state index in [2.05, 4.69) is 15.9 Å². The van der Waals surface area contributed by atoms with Crippen LogP contribution in [0, 0.1) is 0 Å². The van der Waals surface area contributed by atoms with Crippen molar-refractivity contribution in [2.24, 2.45) is 0 Å². The molecule has 0 unspecified atom stereocenters. The number of halogens is 1. The summed E-state index contributed by atoms with van der Waals surface area (Å²) in [6.45, 7) is 0. The molecule has 3 heteroatoms. The van der Waals surface area contributed by atoms with E-state index in [1.54, 1.807) is 12.1 Å². The largest absolute Gasteiger partial charge is 1.00 e. The molecule has 2 aromatic rings. The first-order chi connectivity index (χ1) is 5.75. The van der Waals surface area contributed by atoms with E-state index in [1.165, 1.54) is 0 Å². The molecular weight excluding hydrogens is 223 g/mol. The van der Waals surface area contributed by atoms with Gasteiger partial charge in [-0.15, -0.1) is 5.75 Å². The average Bonchev–Trinajstić information content (AvgIpc) is 2.05. The predicted molar refractivity (Wildman–Crippen MR) is 51.1 cm³/mol. The Hall–Kier alpha value is -0.423. The Labute approximate surface area is 97.1 Å². The Morgan fingerprint density at radius 1 is 0.923 bits per heavy atom. The van der Waals surface area contributed by atoms with Crippen LogP contribution >= 0.6 is 15.9 Å². The van der Waals surface area contributed by atoms with Crippen LogP contribution in [0.1, 0.15) is 0 Å². The second-order valence-electron chi connectivity index (χ2n) is 2.65. The van der Waals surface area contributed by atoms with Gasteiger partial charge in [0.2, 0.25) is 0 Å². The summed E-state index contributed by atoms with van der Waals surface area (Å²) in [4.78, 5) is 0. The summed E-state index contributed by atoms with van der Waals surface area (Å²) >= 11 is 3.37. The van der Waals surface area contributed by atoms with Crippen molar-refractivity contribution in [1.29, 1.82) is 0 Å². The molecule has 0 aliphatic rings. The minimum Gasteiger partial charge on any atom is -0.872 e.